The summed E-state index contributed by atoms with van der Waals surface area (Å²) in [6.07, 6.45) is 1.61. The molecule has 0 aromatic heterocycles. The Bertz CT molecular complexity index is 994. The van der Waals surface area contributed by atoms with E-state index in [9.17, 15) is 22.0 Å². The standard InChI is InChI=1S/C18H17BrF2N2O3S/c1-23(10-11-2-7-16(20)17(21)8-11)18(24)14-9-13(5-6-15(14)19)27(25,26)22-12-3-4-12/h2,5-9,12,22H,3-4,10H2,1H3. The summed E-state index contributed by atoms with van der Waals surface area (Å²) in [6.45, 7) is 0.0414. The number of benzene rings is 2. The first-order valence-electron chi connectivity index (χ1n) is 8.18. The predicted molar refractivity (Wildman–Crippen MR) is 99.6 cm³/mol. The molecule has 0 saturated heterocycles. The molecule has 5 nitrogen and oxygen atoms in total. The van der Waals surface area contributed by atoms with E-state index in [0.717, 1.165) is 25.0 Å². The Labute approximate surface area is 164 Å². The van der Waals surface area contributed by atoms with Crippen LogP contribution >= 0.6 is 15.9 Å². The summed E-state index contributed by atoms with van der Waals surface area (Å²) in [4.78, 5) is 14.1. The normalized spacial score (nSPS) is 14.2. The van der Waals surface area contributed by atoms with Crippen molar-refractivity contribution in [2.75, 3.05) is 7.05 Å². The molecule has 1 aliphatic carbocycles. The summed E-state index contributed by atoms with van der Waals surface area (Å²) >= 11 is 3.26. The molecule has 1 aliphatic rings. The Morgan fingerprint density at radius 2 is 1.89 bits per heavy atom. The number of nitrogens with one attached hydrogen (secondary N) is 1. The number of carbonyl (C=O) groups excluding carboxylic acids is 1. The predicted octanol–water partition coefficient (Wildman–Crippen LogP) is 3.44. The summed E-state index contributed by atoms with van der Waals surface area (Å²) in [5.41, 5.74) is 0.582. The summed E-state index contributed by atoms with van der Waals surface area (Å²) in [6, 6.07) is 7.58. The van der Waals surface area contributed by atoms with E-state index in [2.05, 4.69) is 20.7 Å². The van der Waals surface area contributed by atoms with Gasteiger partial charge < -0.3 is 4.90 Å². The molecule has 144 valence electrons. The summed E-state index contributed by atoms with van der Waals surface area (Å²) in [7, 11) is -2.20. The third-order valence-corrected chi connectivity index (χ3v) is 6.34. The zero-order chi connectivity index (χ0) is 19.8. The lowest BCUT2D eigenvalue weighted by Gasteiger charge is -2.19. The maximum Gasteiger partial charge on any atom is 0.255 e. The van der Waals surface area contributed by atoms with Crippen molar-refractivity contribution >= 4 is 31.9 Å². The highest BCUT2D eigenvalue weighted by atomic mass is 79.9. The second-order valence-corrected chi connectivity index (χ2v) is 9.02. The van der Waals surface area contributed by atoms with Crippen LogP contribution in [0, 0.1) is 11.6 Å². The van der Waals surface area contributed by atoms with Gasteiger partial charge in [-0.2, -0.15) is 0 Å². The highest BCUT2D eigenvalue weighted by Gasteiger charge is 2.29. The van der Waals surface area contributed by atoms with Crippen molar-refractivity contribution in [3.05, 3.63) is 63.6 Å². The van der Waals surface area contributed by atoms with Gasteiger partial charge in [0, 0.05) is 24.1 Å². The van der Waals surface area contributed by atoms with E-state index in [0.29, 0.717) is 10.0 Å². The van der Waals surface area contributed by atoms with Gasteiger partial charge in [0.25, 0.3) is 5.91 Å². The number of hydrogen-bond acceptors (Lipinski definition) is 3. The van der Waals surface area contributed by atoms with E-state index in [4.69, 9.17) is 0 Å². The minimum absolute atomic E-state index is 0.00202. The maximum absolute atomic E-state index is 13.4. The number of sulfonamides is 1. The summed E-state index contributed by atoms with van der Waals surface area (Å²) < 4.78 is 54.1. The molecular weight excluding hydrogens is 442 g/mol. The zero-order valence-electron chi connectivity index (χ0n) is 14.4. The van der Waals surface area contributed by atoms with Crippen LogP contribution in [-0.4, -0.2) is 32.3 Å². The second kappa shape index (κ2) is 7.65. The van der Waals surface area contributed by atoms with Crippen molar-refractivity contribution in [2.24, 2.45) is 0 Å². The molecule has 1 fully saturated rings. The van der Waals surface area contributed by atoms with Gasteiger partial charge in [-0.15, -0.1) is 0 Å². The number of carbonyl (C=O) groups is 1. The van der Waals surface area contributed by atoms with Crippen molar-refractivity contribution in [3.63, 3.8) is 0 Å². The lowest BCUT2D eigenvalue weighted by atomic mass is 10.1. The third-order valence-electron chi connectivity index (χ3n) is 4.13. The minimum atomic E-state index is -3.70. The SMILES string of the molecule is CN(Cc1ccc(F)c(F)c1)C(=O)c1cc(S(=O)(=O)NC2CC2)ccc1Br. The van der Waals surface area contributed by atoms with E-state index < -0.39 is 27.6 Å². The van der Waals surface area contributed by atoms with Crippen LogP contribution in [0.4, 0.5) is 8.78 Å². The average molecular weight is 459 g/mol. The number of rotatable bonds is 6. The molecule has 0 radical (unpaired) electrons. The first-order valence-corrected chi connectivity index (χ1v) is 10.5. The largest absolute Gasteiger partial charge is 0.337 e. The van der Waals surface area contributed by atoms with Crippen LogP contribution in [0.25, 0.3) is 0 Å². The molecule has 1 saturated carbocycles. The van der Waals surface area contributed by atoms with Crippen LogP contribution in [0.3, 0.4) is 0 Å². The van der Waals surface area contributed by atoms with Crippen molar-refractivity contribution in [1.29, 1.82) is 0 Å². The fourth-order valence-electron chi connectivity index (χ4n) is 2.51. The monoisotopic (exact) mass is 458 g/mol. The molecule has 0 heterocycles. The lowest BCUT2D eigenvalue weighted by Crippen LogP contribution is -2.28. The lowest BCUT2D eigenvalue weighted by molar-refractivity contribution is 0.0783. The van der Waals surface area contributed by atoms with Crippen molar-refractivity contribution < 1.29 is 22.0 Å². The van der Waals surface area contributed by atoms with Crippen LogP contribution in [0.15, 0.2) is 45.8 Å². The Kier molecular flexibility index (Phi) is 5.64. The molecule has 2 aromatic carbocycles. The Hall–Kier alpha value is -1.84. The van der Waals surface area contributed by atoms with E-state index >= 15 is 0 Å². The molecular formula is C18H17BrF2N2O3S. The van der Waals surface area contributed by atoms with Crippen LogP contribution in [0.2, 0.25) is 0 Å². The number of halogens is 3. The van der Waals surface area contributed by atoms with Crippen LogP contribution in [-0.2, 0) is 16.6 Å². The topological polar surface area (TPSA) is 66.5 Å². The molecule has 2 aromatic rings. The zero-order valence-corrected chi connectivity index (χ0v) is 16.8. The van der Waals surface area contributed by atoms with E-state index in [-0.39, 0.29) is 23.0 Å². The molecule has 3 rings (SSSR count). The van der Waals surface area contributed by atoms with E-state index in [1.165, 1.54) is 36.2 Å². The molecule has 0 atom stereocenters. The molecule has 27 heavy (non-hydrogen) atoms. The molecule has 0 unspecified atom stereocenters. The van der Waals surface area contributed by atoms with E-state index in [1.807, 2.05) is 0 Å². The molecule has 0 spiro atoms. The smallest absolute Gasteiger partial charge is 0.255 e. The summed E-state index contributed by atoms with van der Waals surface area (Å²) in [5.74, 6) is -2.40. The molecule has 0 bridgehead atoms. The Morgan fingerprint density at radius 1 is 1.19 bits per heavy atom. The molecule has 1 amide bonds. The Morgan fingerprint density at radius 3 is 2.52 bits per heavy atom. The fourth-order valence-corrected chi connectivity index (χ4v) is 4.26. The van der Waals surface area contributed by atoms with Gasteiger partial charge in [-0.05, 0) is 64.7 Å². The first kappa shape index (κ1) is 19.9. The first-order chi connectivity index (χ1) is 12.7. The molecule has 1 N–H and O–H groups in total. The van der Waals surface area contributed by atoms with Gasteiger partial charge in [-0.1, -0.05) is 6.07 Å². The quantitative estimate of drug-likeness (QED) is 0.720. The number of hydrogen-bond donors (Lipinski definition) is 1. The van der Waals surface area contributed by atoms with Gasteiger partial charge in [0.15, 0.2) is 11.6 Å². The maximum atomic E-state index is 13.4. The third kappa shape index (κ3) is 4.72. The fraction of sp³-hybridized carbons (Fsp3) is 0.278. The number of nitrogens with zero attached hydrogens (tertiary/aromatic N) is 1. The molecule has 0 aliphatic heterocycles. The van der Waals surface area contributed by atoms with Crippen molar-refractivity contribution in [2.45, 2.75) is 30.3 Å². The van der Waals surface area contributed by atoms with E-state index in [1.54, 1.807) is 0 Å². The highest BCUT2D eigenvalue weighted by Crippen LogP contribution is 2.26. The summed E-state index contributed by atoms with van der Waals surface area (Å²) in [5, 5.41) is 0. The number of amides is 1. The highest BCUT2D eigenvalue weighted by molar-refractivity contribution is 9.10. The minimum Gasteiger partial charge on any atom is -0.337 e. The van der Waals surface area contributed by atoms with Gasteiger partial charge in [0.05, 0.1) is 10.5 Å². The van der Waals surface area contributed by atoms with Gasteiger partial charge in [0.2, 0.25) is 10.0 Å². The van der Waals surface area contributed by atoms with Crippen LogP contribution in [0.1, 0.15) is 28.8 Å². The van der Waals surface area contributed by atoms with Gasteiger partial charge in [0.1, 0.15) is 0 Å². The van der Waals surface area contributed by atoms with Gasteiger partial charge >= 0.3 is 0 Å². The van der Waals surface area contributed by atoms with Crippen molar-refractivity contribution in [3.8, 4) is 0 Å². The Balaban J connectivity index is 1.82. The van der Waals surface area contributed by atoms with Gasteiger partial charge in [-0.3, -0.25) is 4.79 Å². The van der Waals surface area contributed by atoms with Crippen LogP contribution in [0.5, 0.6) is 0 Å². The molecule has 9 heteroatoms. The second-order valence-electron chi connectivity index (χ2n) is 6.45. The average Bonchev–Trinajstić information content (AvgIpc) is 3.41. The van der Waals surface area contributed by atoms with Gasteiger partial charge in [-0.25, -0.2) is 21.9 Å². The van der Waals surface area contributed by atoms with Crippen molar-refractivity contribution in [1.82, 2.24) is 9.62 Å². The van der Waals surface area contributed by atoms with Crippen LogP contribution < -0.4 is 4.72 Å².